The zero-order chi connectivity index (χ0) is 13.5. The number of aromatic nitrogens is 1. The molecule has 1 unspecified atom stereocenters. The highest BCUT2D eigenvalue weighted by atomic mass is 16.5. The van der Waals surface area contributed by atoms with E-state index in [2.05, 4.69) is 10.3 Å². The van der Waals surface area contributed by atoms with Gasteiger partial charge in [-0.25, -0.2) is 9.59 Å². The van der Waals surface area contributed by atoms with Crippen LogP contribution in [0.15, 0.2) is 24.5 Å². The monoisotopic (exact) mass is 253 g/mol. The third kappa shape index (κ3) is 3.70. The first kappa shape index (κ1) is 13.9. The molecule has 0 aromatic carbocycles. The fourth-order valence-corrected chi connectivity index (χ4v) is 1.24. The summed E-state index contributed by atoms with van der Waals surface area (Å²) in [5.74, 6) is -1.12. The van der Waals surface area contributed by atoms with E-state index in [0.717, 1.165) is 0 Å². The number of amides is 2. The Morgan fingerprint density at radius 2 is 2.33 bits per heavy atom. The number of nitrogens with zero attached hydrogens (tertiary/aromatic N) is 2. The molecule has 0 fully saturated rings. The highest BCUT2D eigenvalue weighted by molar-refractivity contribution is 5.91. The predicted octanol–water partition coefficient (Wildman–Crippen LogP) is 0.327. The fraction of sp³-hybridized carbons (Fsp3) is 0.364. The van der Waals surface area contributed by atoms with Crippen LogP contribution in [0, 0.1) is 0 Å². The van der Waals surface area contributed by atoms with Gasteiger partial charge in [-0.2, -0.15) is 0 Å². The number of pyridine rings is 1. The molecule has 0 bridgehead atoms. The average molecular weight is 253 g/mol. The van der Waals surface area contributed by atoms with Crippen molar-refractivity contribution in [1.29, 1.82) is 0 Å². The molecule has 1 aromatic heterocycles. The molecule has 18 heavy (non-hydrogen) atoms. The molecule has 0 radical (unpaired) electrons. The van der Waals surface area contributed by atoms with Gasteiger partial charge in [0.1, 0.15) is 0 Å². The zero-order valence-electron chi connectivity index (χ0n) is 10.2. The Labute approximate surface area is 104 Å². The van der Waals surface area contributed by atoms with E-state index in [-0.39, 0.29) is 6.54 Å². The lowest BCUT2D eigenvalue weighted by atomic mass is 10.3. The molecule has 1 heterocycles. The van der Waals surface area contributed by atoms with Crippen molar-refractivity contribution in [1.82, 2.24) is 10.3 Å². The van der Waals surface area contributed by atoms with E-state index in [1.54, 1.807) is 25.4 Å². The molecular formula is C11H15N3O4. The second kappa shape index (κ2) is 6.55. The van der Waals surface area contributed by atoms with E-state index in [1.165, 1.54) is 18.2 Å². The molecule has 0 saturated carbocycles. The highest BCUT2D eigenvalue weighted by Crippen LogP contribution is 2.08. The number of carbonyl (C=O) groups is 2. The number of urea groups is 1. The Morgan fingerprint density at radius 3 is 2.83 bits per heavy atom. The van der Waals surface area contributed by atoms with Crippen molar-refractivity contribution in [2.24, 2.45) is 0 Å². The largest absolute Gasteiger partial charge is 0.479 e. The summed E-state index contributed by atoms with van der Waals surface area (Å²) in [5.41, 5.74) is 0.610. The van der Waals surface area contributed by atoms with Crippen LogP contribution in [0.4, 0.5) is 10.5 Å². The van der Waals surface area contributed by atoms with Gasteiger partial charge >= 0.3 is 12.0 Å². The lowest BCUT2D eigenvalue weighted by Crippen LogP contribution is -2.43. The first-order valence-electron chi connectivity index (χ1n) is 5.23. The van der Waals surface area contributed by atoms with Gasteiger partial charge in [0.15, 0.2) is 6.10 Å². The third-order valence-electron chi connectivity index (χ3n) is 2.34. The van der Waals surface area contributed by atoms with Crippen LogP contribution in [-0.4, -0.2) is 48.9 Å². The van der Waals surface area contributed by atoms with Gasteiger partial charge in [0.2, 0.25) is 0 Å². The maximum Gasteiger partial charge on any atom is 0.334 e. The molecule has 0 aliphatic carbocycles. The van der Waals surface area contributed by atoms with Crippen molar-refractivity contribution in [3.8, 4) is 0 Å². The van der Waals surface area contributed by atoms with Crippen LogP contribution < -0.4 is 10.2 Å². The number of rotatable bonds is 5. The van der Waals surface area contributed by atoms with Crippen LogP contribution in [0.3, 0.4) is 0 Å². The van der Waals surface area contributed by atoms with E-state index in [9.17, 15) is 9.59 Å². The lowest BCUT2D eigenvalue weighted by Gasteiger charge is -2.19. The molecule has 0 aliphatic heterocycles. The van der Waals surface area contributed by atoms with Crippen molar-refractivity contribution in [3.63, 3.8) is 0 Å². The molecule has 0 spiro atoms. The predicted molar refractivity (Wildman–Crippen MR) is 64.5 cm³/mol. The standard InChI is InChI=1S/C11H15N3O4/c1-14(8-4-3-5-12-6-8)11(17)13-7-9(18-2)10(15)16/h3-6,9H,7H2,1-2H3,(H,13,17)(H,15,16). The van der Waals surface area contributed by atoms with E-state index in [0.29, 0.717) is 5.69 Å². The van der Waals surface area contributed by atoms with Gasteiger partial charge in [-0.05, 0) is 12.1 Å². The first-order valence-corrected chi connectivity index (χ1v) is 5.23. The Hall–Kier alpha value is -2.15. The summed E-state index contributed by atoms with van der Waals surface area (Å²) in [6.07, 6.45) is 2.07. The number of nitrogens with one attached hydrogen (secondary N) is 1. The number of anilines is 1. The molecule has 2 N–H and O–H groups in total. The van der Waals surface area contributed by atoms with Crippen molar-refractivity contribution >= 4 is 17.7 Å². The fourth-order valence-electron chi connectivity index (χ4n) is 1.24. The van der Waals surface area contributed by atoms with Crippen LogP contribution >= 0.6 is 0 Å². The zero-order valence-corrected chi connectivity index (χ0v) is 10.2. The SMILES string of the molecule is COC(CNC(=O)N(C)c1cccnc1)C(=O)O. The Kier molecular flexibility index (Phi) is 5.06. The first-order chi connectivity index (χ1) is 8.56. The van der Waals surface area contributed by atoms with Crippen LogP contribution in [0.25, 0.3) is 0 Å². The number of carboxylic acid groups (broad SMARTS) is 1. The summed E-state index contributed by atoms with van der Waals surface area (Å²) in [5, 5.41) is 11.2. The number of hydrogen-bond donors (Lipinski definition) is 2. The number of carboxylic acids is 1. The Morgan fingerprint density at radius 1 is 1.61 bits per heavy atom. The number of methoxy groups -OCH3 is 1. The maximum absolute atomic E-state index is 11.7. The molecule has 0 aliphatic rings. The van der Waals surface area contributed by atoms with Crippen molar-refractivity contribution < 1.29 is 19.4 Å². The number of ether oxygens (including phenoxy) is 1. The van der Waals surface area contributed by atoms with Gasteiger partial charge in [-0.15, -0.1) is 0 Å². The molecule has 1 rings (SSSR count). The minimum Gasteiger partial charge on any atom is -0.479 e. The summed E-state index contributed by atoms with van der Waals surface area (Å²) in [7, 11) is 2.84. The second-order valence-electron chi connectivity index (χ2n) is 3.52. The van der Waals surface area contributed by atoms with Gasteiger partial charge < -0.3 is 15.2 Å². The van der Waals surface area contributed by atoms with Gasteiger partial charge in [-0.3, -0.25) is 9.88 Å². The summed E-state index contributed by atoms with van der Waals surface area (Å²) in [6, 6.07) is 3.00. The molecule has 7 heteroatoms. The third-order valence-corrected chi connectivity index (χ3v) is 2.34. The number of carbonyl (C=O) groups excluding carboxylic acids is 1. The topological polar surface area (TPSA) is 91.8 Å². The Balaban J connectivity index is 2.53. The smallest absolute Gasteiger partial charge is 0.334 e. The van der Waals surface area contributed by atoms with Gasteiger partial charge in [0.05, 0.1) is 18.4 Å². The Bertz CT molecular complexity index is 410. The van der Waals surface area contributed by atoms with Crippen LogP contribution in [0.1, 0.15) is 0 Å². The maximum atomic E-state index is 11.7. The van der Waals surface area contributed by atoms with Gasteiger partial charge in [0.25, 0.3) is 0 Å². The molecular weight excluding hydrogens is 238 g/mol. The molecule has 2 amide bonds. The molecule has 1 atom stereocenters. The summed E-state index contributed by atoms with van der Waals surface area (Å²) >= 11 is 0. The normalized spacial score (nSPS) is 11.7. The van der Waals surface area contributed by atoms with Crippen LogP contribution in [0.2, 0.25) is 0 Å². The van der Waals surface area contributed by atoms with Crippen molar-refractivity contribution in [2.45, 2.75) is 6.10 Å². The number of hydrogen-bond acceptors (Lipinski definition) is 4. The van der Waals surface area contributed by atoms with Crippen LogP contribution in [-0.2, 0) is 9.53 Å². The van der Waals surface area contributed by atoms with Crippen molar-refractivity contribution in [3.05, 3.63) is 24.5 Å². The van der Waals surface area contributed by atoms with Crippen LogP contribution in [0.5, 0.6) is 0 Å². The molecule has 1 aromatic rings. The molecule has 7 nitrogen and oxygen atoms in total. The lowest BCUT2D eigenvalue weighted by molar-refractivity contribution is -0.147. The van der Waals surface area contributed by atoms with E-state index >= 15 is 0 Å². The molecule has 0 saturated heterocycles. The summed E-state index contributed by atoms with van der Waals surface area (Å²) in [6.45, 7) is -0.102. The van der Waals surface area contributed by atoms with E-state index < -0.39 is 18.1 Å². The van der Waals surface area contributed by atoms with E-state index in [1.807, 2.05) is 0 Å². The van der Waals surface area contributed by atoms with Crippen molar-refractivity contribution in [2.75, 3.05) is 25.6 Å². The van der Waals surface area contributed by atoms with Gasteiger partial charge in [-0.1, -0.05) is 0 Å². The second-order valence-corrected chi connectivity index (χ2v) is 3.52. The number of aliphatic carboxylic acids is 1. The van der Waals surface area contributed by atoms with E-state index in [4.69, 9.17) is 9.84 Å². The quantitative estimate of drug-likeness (QED) is 0.788. The minimum absolute atomic E-state index is 0.102. The minimum atomic E-state index is -1.12. The van der Waals surface area contributed by atoms with Gasteiger partial charge in [0, 0.05) is 20.4 Å². The average Bonchev–Trinajstić information content (AvgIpc) is 2.39. The highest BCUT2D eigenvalue weighted by Gasteiger charge is 2.18. The summed E-state index contributed by atoms with van der Waals surface area (Å²) < 4.78 is 4.70. The molecule has 98 valence electrons. The summed E-state index contributed by atoms with van der Waals surface area (Å²) in [4.78, 5) is 27.6.